The molecule has 23 heavy (non-hydrogen) atoms. The van der Waals surface area contributed by atoms with E-state index in [0.717, 1.165) is 11.4 Å². The van der Waals surface area contributed by atoms with Crippen molar-refractivity contribution in [2.75, 3.05) is 32.8 Å². The summed E-state index contributed by atoms with van der Waals surface area (Å²) >= 11 is 5.87. The number of hydrogen-bond donors (Lipinski definition) is 2. The van der Waals surface area contributed by atoms with Crippen molar-refractivity contribution in [2.24, 2.45) is 0 Å². The smallest absolute Gasteiger partial charge is 0.317 e. The second kappa shape index (κ2) is 7.43. The number of H-pyrrole nitrogens is 1. The summed E-state index contributed by atoms with van der Waals surface area (Å²) in [6, 6.07) is 7.28. The number of amides is 2. The number of carbonyl (C=O) groups is 1. The highest BCUT2D eigenvalue weighted by molar-refractivity contribution is 6.30. The molecule has 1 aliphatic rings. The molecule has 0 spiro atoms. The fourth-order valence-electron chi connectivity index (χ4n) is 2.30. The first kappa shape index (κ1) is 15.8. The van der Waals surface area contributed by atoms with E-state index in [4.69, 9.17) is 16.3 Å². The van der Waals surface area contributed by atoms with Crippen molar-refractivity contribution >= 4 is 17.6 Å². The van der Waals surface area contributed by atoms with Crippen LogP contribution in [-0.2, 0) is 11.2 Å². The number of rotatable bonds is 4. The normalized spacial score (nSPS) is 14.7. The summed E-state index contributed by atoms with van der Waals surface area (Å²) in [5.74, 6) is 1.35. The van der Waals surface area contributed by atoms with Crippen LogP contribution in [0.4, 0.5) is 4.79 Å². The summed E-state index contributed by atoms with van der Waals surface area (Å²) in [6.07, 6.45) is 0.594. The van der Waals surface area contributed by atoms with Crippen LogP contribution >= 0.6 is 11.6 Å². The number of aromatic nitrogens is 3. The molecule has 0 radical (unpaired) electrons. The van der Waals surface area contributed by atoms with Gasteiger partial charge in [-0.05, 0) is 24.3 Å². The molecule has 2 aromatic rings. The summed E-state index contributed by atoms with van der Waals surface area (Å²) in [4.78, 5) is 18.1. The molecular weight excluding hydrogens is 318 g/mol. The maximum Gasteiger partial charge on any atom is 0.317 e. The molecule has 3 rings (SSSR count). The Balaban J connectivity index is 1.49. The van der Waals surface area contributed by atoms with E-state index in [-0.39, 0.29) is 6.03 Å². The van der Waals surface area contributed by atoms with Crippen molar-refractivity contribution in [3.05, 3.63) is 35.1 Å². The van der Waals surface area contributed by atoms with Gasteiger partial charge in [-0.15, -0.1) is 0 Å². The van der Waals surface area contributed by atoms with Crippen LogP contribution in [0.5, 0.6) is 0 Å². The molecule has 122 valence electrons. The Morgan fingerprint density at radius 2 is 2.04 bits per heavy atom. The Kier molecular flexibility index (Phi) is 5.09. The lowest BCUT2D eigenvalue weighted by Crippen LogP contribution is -2.46. The first-order valence-electron chi connectivity index (χ1n) is 7.50. The van der Waals surface area contributed by atoms with Crippen LogP contribution in [0.2, 0.25) is 5.02 Å². The Bertz CT molecular complexity index is 652. The molecule has 0 atom stereocenters. The predicted molar refractivity (Wildman–Crippen MR) is 86.3 cm³/mol. The highest BCUT2D eigenvalue weighted by Gasteiger charge is 2.16. The number of morpholine rings is 1. The topological polar surface area (TPSA) is 83.1 Å². The zero-order valence-electron chi connectivity index (χ0n) is 12.6. The Hall–Kier alpha value is -2.12. The number of halogens is 1. The van der Waals surface area contributed by atoms with Crippen molar-refractivity contribution in [2.45, 2.75) is 6.42 Å². The lowest BCUT2D eigenvalue weighted by Gasteiger charge is -2.26. The molecule has 2 heterocycles. The summed E-state index contributed by atoms with van der Waals surface area (Å²) in [5, 5.41) is 10.6. The Morgan fingerprint density at radius 3 is 2.78 bits per heavy atom. The fraction of sp³-hybridized carbons (Fsp3) is 0.400. The van der Waals surface area contributed by atoms with Gasteiger partial charge in [-0.3, -0.25) is 5.10 Å². The van der Waals surface area contributed by atoms with E-state index in [0.29, 0.717) is 50.1 Å². The maximum absolute atomic E-state index is 11.9. The molecule has 1 aliphatic heterocycles. The average Bonchev–Trinajstić information content (AvgIpc) is 3.05. The van der Waals surface area contributed by atoms with Gasteiger partial charge in [-0.25, -0.2) is 9.78 Å². The average molecular weight is 336 g/mol. The van der Waals surface area contributed by atoms with E-state index >= 15 is 0 Å². The van der Waals surface area contributed by atoms with Crippen LogP contribution in [0.25, 0.3) is 11.4 Å². The molecule has 7 nitrogen and oxygen atoms in total. The van der Waals surface area contributed by atoms with Gasteiger partial charge in [0.25, 0.3) is 0 Å². The molecule has 1 aromatic carbocycles. The largest absolute Gasteiger partial charge is 0.378 e. The summed E-state index contributed by atoms with van der Waals surface area (Å²) in [5.41, 5.74) is 0.897. The molecule has 0 bridgehead atoms. The second-order valence-corrected chi connectivity index (χ2v) is 5.63. The van der Waals surface area contributed by atoms with Crippen LogP contribution in [0.15, 0.2) is 24.3 Å². The highest BCUT2D eigenvalue weighted by atomic mass is 35.5. The number of nitrogens with one attached hydrogen (secondary N) is 2. The zero-order valence-corrected chi connectivity index (χ0v) is 13.3. The third-order valence-corrected chi connectivity index (χ3v) is 3.82. The number of nitrogens with zero attached hydrogens (tertiary/aromatic N) is 3. The Morgan fingerprint density at radius 1 is 1.30 bits per heavy atom. The molecule has 0 aliphatic carbocycles. The predicted octanol–water partition coefficient (Wildman–Crippen LogP) is 1.71. The molecule has 0 saturated carbocycles. The third-order valence-electron chi connectivity index (χ3n) is 3.57. The number of carbonyl (C=O) groups excluding carboxylic acids is 1. The second-order valence-electron chi connectivity index (χ2n) is 5.19. The van der Waals surface area contributed by atoms with Gasteiger partial charge in [0.2, 0.25) is 0 Å². The van der Waals surface area contributed by atoms with Gasteiger partial charge in [0.15, 0.2) is 5.82 Å². The van der Waals surface area contributed by atoms with Crippen LogP contribution < -0.4 is 5.32 Å². The zero-order chi connectivity index (χ0) is 16.1. The molecular formula is C15H18ClN5O2. The summed E-state index contributed by atoms with van der Waals surface area (Å²) < 4.78 is 5.22. The quantitative estimate of drug-likeness (QED) is 0.891. The molecule has 2 amide bonds. The standard InChI is InChI=1S/C15H18ClN5O2/c16-12-3-1-11(2-4-12)14-18-13(19-20-14)5-6-17-15(22)21-7-9-23-10-8-21/h1-4H,5-10H2,(H,17,22)(H,18,19,20). The van der Waals surface area contributed by atoms with Gasteiger partial charge in [0, 0.05) is 36.6 Å². The van der Waals surface area contributed by atoms with Gasteiger partial charge in [-0.2, -0.15) is 5.10 Å². The van der Waals surface area contributed by atoms with Gasteiger partial charge in [-0.1, -0.05) is 11.6 Å². The monoisotopic (exact) mass is 335 g/mol. The molecule has 1 aromatic heterocycles. The third kappa shape index (κ3) is 4.20. The number of benzene rings is 1. The van der Waals surface area contributed by atoms with E-state index < -0.39 is 0 Å². The lowest BCUT2D eigenvalue weighted by atomic mass is 10.2. The van der Waals surface area contributed by atoms with Crippen LogP contribution in [0, 0.1) is 0 Å². The maximum atomic E-state index is 11.9. The lowest BCUT2D eigenvalue weighted by molar-refractivity contribution is 0.0533. The highest BCUT2D eigenvalue weighted by Crippen LogP contribution is 2.17. The molecule has 1 saturated heterocycles. The molecule has 2 N–H and O–H groups in total. The molecule has 1 fully saturated rings. The van der Waals surface area contributed by atoms with Gasteiger partial charge in [0.05, 0.1) is 13.2 Å². The van der Waals surface area contributed by atoms with Crippen molar-refractivity contribution in [3.63, 3.8) is 0 Å². The first-order chi connectivity index (χ1) is 11.2. The number of urea groups is 1. The first-order valence-corrected chi connectivity index (χ1v) is 7.88. The minimum Gasteiger partial charge on any atom is -0.378 e. The van der Waals surface area contributed by atoms with Gasteiger partial charge in [0.1, 0.15) is 5.82 Å². The number of hydrogen-bond acceptors (Lipinski definition) is 4. The van der Waals surface area contributed by atoms with E-state index in [9.17, 15) is 4.79 Å². The summed E-state index contributed by atoms with van der Waals surface area (Å²) in [7, 11) is 0. The summed E-state index contributed by atoms with van der Waals surface area (Å²) in [6.45, 7) is 2.97. The minimum absolute atomic E-state index is 0.0641. The van der Waals surface area contributed by atoms with E-state index in [2.05, 4.69) is 20.5 Å². The minimum atomic E-state index is -0.0641. The van der Waals surface area contributed by atoms with Crippen LogP contribution in [0.3, 0.4) is 0 Å². The number of ether oxygens (including phenoxy) is 1. The van der Waals surface area contributed by atoms with Crippen LogP contribution in [-0.4, -0.2) is 59.0 Å². The van der Waals surface area contributed by atoms with Crippen molar-refractivity contribution in [1.29, 1.82) is 0 Å². The van der Waals surface area contributed by atoms with Gasteiger partial charge >= 0.3 is 6.03 Å². The van der Waals surface area contributed by atoms with Gasteiger partial charge < -0.3 is 15.0 Å². The van der Waals surface area contributed by atoms with Crippen molar-refractivity contribution in [3.8, 4) is 11.4 Å². The SMILES string of the molecule is O=C(NCCc1nc(-c2ccc(Cl)cc2)n[nH]1)N1CCOCC1. The van der Waals surface area contributed by atoms with Crippen LogP contribution in [0.1, 0.15) is 5.82 Å². The van der Waals surface area contributed by atoms with Crippen molar-refractivity contribution in [1.82, 2.24) is 25.4 Å². The van der Waals surface area contributed by atoms with E-state index in [1.165, 1.54) is 0 Å². The molecule has 0 unspecified atom stereocenters. The van der Waals surface area contributed by atoms with E-state index in [1.807, 2.05) is 12.1 Å². The molecule has 8 heteroatoms. The number of aromatic amines is 1. The Labute approximate surface area is 139 Å². The van der Waals surface area contributed by atoms with E-state index in [1.54, 1.807) is 17.0 Å². The van der Waals surface area contributed by atoms with Crippen molar-refractivity contribution < 1.29 is 9.53 Å². The fourth-order valence-corrected chi connectivity index (χ4v) is 2.43.